The van der Waals surface area contributed by atoms with Crippen LogP contribution in [0.5, 0.6) is 0 Å². The summed E-state index contributed by atoms with van der Waals surface area (Å²) < 4.78 is 0. The van der Waals surface area contributed by atoms with Crippen LogP contribution in [0.25, 0.3) is 0 Å². The van der Waals surface area contributed by atoms with Crippen LogP contribution in [0.15, 0.2) is 17.5 Å². The Balaban J connectivity index is 2.70. The summed E-state index contributed by atoms with van der Waals surface area (Å²) in [4.78, 5) is 1.86. The summed E-state index contributed by atoms with van der Waals surface area (Å²) in [5.41, 5.74) is 0. The predicted molar refractivity (Wildman–Crippen MR) is 33.2 cm³/mol. The summed E-state index contributed by atoms with van der Waals surface area (Å²) in [6.45, 7) is 3.74. The first-order chi connectivity index (χ1) is 3.72. The molecule has 0 aromatic heterocycles. The molecule has 0 radical (unpaired) electrons. The van der Waals surface area contributed by atoms with Gasteiger partial charge in [-0.15, -0.1) is 0 Å². The van der Waals surface area contributed by atoms with Crippen LogP contribution in [-0.2, 0) is 0 Å². The van der Waals surface area contributed by atoms with Gasteiger partial charge in [0.15, 0.2) is 0 Å². The normalized spacial score (nSPS) is 18.5. The van der Waals surface area contributed by atoms with Crippen molar-refractivity contribution in [2.75, 3.05) is 14.1 Å². The summed E-state index contributed by atoms with van der Waals surface area (Å²) in [5, 5.41) is 5.66. The topological polar surface area (TPSA) is 18.8 Å². The van der Waals surface area contributed by atoms with E-state index in [-0.39, 0.29) is 0 Å². The molecule has 44 valence electrons. The summed E-state index contributed by atoms with van der Waals surface area (Å²) in [6, 6.07) is 0. The van der Waals surface area contributed by atoms with Gasteiger partial charge >= 0.3 is 0 Å². The zero-order chi connectivity index (χ0) is 6.15. The van der Waals surface area contributed by atoms with Gasteiger partial charge in [0.25, 0.3) is 0 Å². The molecule has 3 heteroatoms. The molecular weight excluding hydrogens is 102 g/mol. The third-order valence-electron chi connectivity index (χ3n) is 1.18. The highest BCUT2D eigenvalue weighted by molar-refractivity contribution is 5.59. The second-order valence-electron chi connectivity index (χ2n) is 1.78. The largest absolute Gasteiger partial charge is 0.320 e. The molecule has 1 heterocycles. The van der Waals surface area contributed by atoms with Gasteiger partial charge in [-0.3, -0.25) is 5.01 Å². The van der Waals surface area contributed by atoms with Gasteiger partial charge in [-0.05, 0) is 0 Å². The first kappa shape index (κ1) is 5.15. The van der Waals surface area contributed by atoms with Gasteiger partial charge in [-0.2, -0.15) is 5.10 Å². The average molecular weight is 111 g/mol. The zero-order valence-corrected chi connectivity index (χ0v) is 5.13. The zero-order valence-electron chi connectivity index (χ0n) is 5.13. The first-order valence-corrected chi connectivity index (χ1v) is 2.41. The van der Waals surface area contributed by atoms with Crippen molar-refractivity contribution in [3.8, 4) is 0 Å². The number of rotatable bonds is 0. The molecule has 0 N–H and O–H groups in total. The third kappa shape index (κ3) is 0.559. The Kier molecular flexibility index (Phi) is 0.970. The number of hydrogen-bond acceptors (Lipinski definition) is 3. The van der Waals surface area contributed by atoms with E-state index >= 15 is 0 Å². The van der Waals surface area contributed by atoms with Crippen molar-refractivity contribution in [1.82, 2.24) is 9.91 Å². The molecular formula is C5H9N3. The Morgan fingerprint density at radius 1 is 1.62 bits per heavy atom. The first-order valence-electron chi connectivity index (χ1n) is 2.41. The standard InChI is InChI=1S/C5H9N3/c1-5-7(2)4-6-8(5)3/h4H,1H2,2-3H3. The lowest BCUT2D eigenvalue weighted by Crippen LogP contribution is -2.15. The second-order valence-corrected chi connectivity index (χ2v) is 1.78. The smallest absolute Gasteiger partial charge is 0.122 e. The Morgan fingerprint density at radius 2 is 2.25 bits per heavy atom. The fourth-order valence-corrected chi connectivity index (χ4v) is 0.516. The van der Waals surface area contributed by atoms with Crippen molar-refractivity contribution in [2.45, 2.75) is 0 Å². The maximum absolute atomic E-state index is 3.93. The molecule has 0 saturated heterocycles. The molecule has 0 aromatic rings. The highest BCUT2D eigenvalue weighted by Gasteiger charge is 2.08. The minimum absolute atomic E-state index is 0.907. The van der Waals surface area contributed by atoms with Crippen molar-refractivity contribution >= 4 is 6.34 Å². The van der Waals surface area contributed by atoms with E-state index in [1.807, 2.05) is 19.0 Å². The lowest BCUT2D eigenvalue weighted by Gasteiger charge is -2.11. The second kappa shape index (κ2) is 1.51. The van der Waals surface area contributed by atoms with Gasteiger partial charge < -0.3 is 4.90 Å². The van der Waals surface area contributed by atoms with Gasteiger partial charge in [-0.1, -0.05) is 6.58 Å². The summed E-state index contributed by atoms with van der Waals surface area (Å²) in [6.07, 6.45) is 1.72. The Bertz CT molecular complexity index is 125. The van der Waals surface area contributed by atoms with Crippen LogP contribution in [0.1, 0.15) is 0 Å². The monoisotopic (exact) mass is 111 g/mol. The molecule has 8 heavy (non-hydrogen) atoms. The van der Waals surface area contributed by atoms with E-state index in [0.717, 1.165) is 5.82 Å². The molecule has 0 aromatic carbocycles. The maximum Gasteiger partial charge on any atom is 0.122 e. The van der Waals surface area contributed by atoms with E-state index in [1.54, 1.807) is 11.3 Å². The SMILES string of the molecule is C=C1N(C)C=NN1C. The number of hydrazone groups is 1. The van der Waals surface area contributed by atoms with E-state index in [1.165, 1.54) is 0 Å². The summed E-state index contributed by atoms with van der Waals surface area (Å²) in [7, 11) is 3.78. The molecule has 1 rings (SSSR count). The van der Waals surface area contributed by atoms with Crippen LogP contribution in [-0.4, -0.2) is 30.3 Å². The Hall–Kier alpha value is -0.990. The van der Waals surface area contributed by atoms with Gasteiger partial charge in [0.1, 0.15) is 12.2 Å². The molecule has 3 nitrogen and oxygen atoms in total. The molecule has 0 amide bonds. The third-order valence-corrected chi connectivity index (χ3v) is 1.18. The van der Waals surface area contributed by atoms with Crippen LogP contribution in [0.4, 0.5) is 0 Å². The van der Waals surface area contributed by atoms with Crippen molar-refractivity contribution in [3.63, 3.8) is 0 Å². The minimum atomic E-state index is 0.907. The highest BCUT2D eigenvalue weighted by Crippen LogP contribution is 2.07. The van der Waals surface area contributed by atoms with Crippen molar-refractivity contribution in [2.24, 2.45) is 5.10 Å². The lowest BCUT2D eigenvalue weighted by molar-refractivity contribution is 0.403. The van der Waals surface area contributed by atoms with E-state index in [2.05, 4.69) is 11.7 Å². The Morgan fingerprint density at radius 3 is 2.38 bits per heavy atom. The molecule has 0 spiro atoms. The predicted octanol–water partition coefficient (Wildman–Crippen LogP) is 0.278. The fourth-order valence-electron chi connectivity index (χ4n) is 0.516. The molecule has 0 fully saturated rings. The molecule has 0 atom stereocenters. The molecule has 0 aliphatic carbocycles. The van der Waals surface area contributed by atoms with Crippen molar-refractivity contribution in [3.05, 3.63) is 12.4 Å². The van der Waals surface area contributed by atoms with Crippen LogP contribution in [0.2, 0.25) is 0 Å². The van der Waals surface area contributed by atoms with Crippen LogP contribution in [0.3, 0.4) is 0 Å². The lowest BCUT2D eigenvalue weighted by atomic mass is 10.7. The maximum atomic E-state index is 3.93. The van der Waals surface area contributed by atoms with Gasteiger partial charge in [0, 0.05) is 14.1 Å². The minimum Gasteiger partial charge on any atom is -0.320 e. The van der Waals surface area contributed by atoms with E-state index in [4.69, 9.17) is 0 Å². The molecule has 1 aliphatic rings. The Labute approximate surface area is 48.9 Å². The van der Waals surface area contributed by atoms with E-state index in [9.17, 15) is 0 Å². The number of nitrogens with zero attached hydrogens (tertiary/aromatic N) is 3. The van der Waals surface area contributed by atoms with Crippen LogP contribution < -0.4 is 0 Å². The van der Waals surface area contributed by atoms with Crippen molar-refractivity contribution < 1.29 is 0 Å². The fraction of sp³-hybridized carbons (Fsp3) is 0.400. The molecule has 0 bridgehead atoms. The van der Waals surface area contributed by atoms with E-state index in [0.29, 0.717) is 0 Å². The van der Waals surface area contributed by atoms with E-state index < -0.39 is 0 Å². The quantitative estimate of drug-likeness (QED) is 0.447. The van der Waals surface area contributed by atoms with Gasteiger partial charge in [-0.25, -0.2) is 0 Å². The average Bonchev–Trinajstić information content (AvgIpc) is 1.98. The van der Waals surface area contributed by atoms with Crippen molar-refractivity contribution in [1.29, 1.82) is 0 Å². The molecule has 1 aliphatic heterocycles. The van der Waals surface area contributed by atoms with Gasteiger partial charge in [0.05, 0.1) is 0 Å². The molecule has 0 unspecified atom stereocenters. The van der Waals surface area contributed by atoms with Crippen LogP contribution in [0, 0.1) is 0 Å². The summed E-state index contributed by atoms with van der Waals surface area (Å²) >= 11 is 0. The highest BCUT2D eigenvalue weighted by atomic mass is 15.6. The number of hydrogen-bond donors (Lipinski definition) is 0. The summed E-state index contributed by atoms with van der Waals surface area (Å²) in [5.74, 6) is 0.907. The van der Waals surface area contributed by atoms with Gasteiger partial charge in [0.2, 0.25) is 0 Å². The van der Waals surface area contributed by atoms with Crippen LogP contribution >= 0.6 is 0 Å². The molecule has 0 saturated carbocycles.